The van der Waals surface area contributed by atoms with Gasteiger partial charge in [0.15, 0.2) is 0 Å². The van der Waals surface area contributed by atoms with Gasteiger partial charge in [0.25, 0.3) is 0 Å². The predicted octanol–water partition coefficient (Wildman–Crippen LogP) is 3.73. The van der Waals surface area contributed by atoms with E-state index in [2.05, 4.69) is 47.8 Å². The van der Waals surface area contributed by atoms with Gasteiger partial charge < -0.3 is 9.88 Å². The molecule has 3 rings (SSSR count). The van der Waals surface area contributed by atoms with Crippen molar-refractivity contribution in [2.75, 3.05) is 13.1 Å². The van der Waals surface area contributed by atoms with Crippen molar-refractivity contribution >= 4 is 28.3 Å². The number of rotatable bonds is 3. The Kier molecular flexibility index (Phi) is 3.47. The van der Waals surface area contributed by atoms with Gasteiger partial charge in [-0.25, -0.2) is 0 Å². The van der Waals surface area contributed by atoms with E-state index in [0.717, 1.165) is 30.5 Å². The standard InChI is InChI=1S/C16H20ClN3/c1-10(2)16-11(3)13-8-12(17)4-5-14(13)20(16)9-15-18-6-7-19-15/h4-5,8,10H,6-7,9H2,1-3H3,(H,18,19). The van der Waals surface area contributed by atoms with Crippen LogP contribution in [0.25, 0.3) is 10.9 Å². The number of hydrogen-bond acceptors (Lipinski definition) is 2. The number of aromatic nitrogens is 1. The summed E-state index contributed by atoms with van der Waals surface area (Å²) in [5.41, 5.74) is 3.95. The second-order valence-corrected chi connectivity index (χ2v) is 6.10. The molecular weight excluding hydrogens is 270 g/mol. The van der Waals surface area contributed by atoms with Crippen LogP contribution in [0.2, 0.25) is 5.02 Å². The summed E-state index contributed by atoms with van der Waals surface area (Å²) >= 11 is 6.16. The zero-order valence-corrected chi connectivity index (χ0v) is 13.0. The Labute approximate surface area is 124 Å². The smallest absolute Gasteiger partial charge is 0.117 e. The van der Waals surface area contributed by atoms with Crippen molar-refractivity contribution in [2.45, 2.75) is 33.2 Å². The van der Waals surface area contributed by atoms with Crippen LogP contribution in [-0.4, -0.2) is 23.5 Å². The summed E-state index contributed by atoms with van der Waals surface area (Å²) in [7, 11) is 0. The molecule has 0 saturated heterocycles. The SMILES string of the molecule is Cc1c(C(C)C)n(CC2=NCCN2)c2ccc(Cl)cc12. The normalized spacial score (nSPS) is 14.9. The van der Waals surface area contributed by atoms with E-state index in [-0.39, 0.29) is 0 Å². The topological polar surface area (TPSA) is 29.3 Å². The maximum atomic E-state index is 6.16. The Hall–Kier alpha value is -1.48. The largest absolute Gasteiger partial charge is 0.370 e. The van der Waals surface area contributed by atoms with Crippen LogP contribution in [0.15, 0.2) is 23.2 Å². The van der Waals surface area contributed by atoms with Crippen LogP contribution in [0.5, 0.6) is 0 Å². The molecule has 0 aliphatic carbocycles. The molecule has 1 aromatic heterocycles. The fraction of sp³-hybridized carbons (Fsp3) is 0.438. The van der Waals surface area contributed by atoms with Crippen LogP contribution in [0, 0.1) is 6.92 Å². The highest BCUT2D eigenvalue weighted by molar-refractivity contribution is 6.31. The highest BCUT2D eigenvalue weighted by Gasteiger charge is 2.18. The predicted molar refractivity (Wildman–Crippen MR) is 86.1 cm³/mol. The summed E-state index contributed by atoms with van der Waals surface area (Å²) in [5, 5.41) is 5.41. The Morgan fingerprint density at radius 2 is 2.20 bits per heavy atom. The van der Waals surface area contributed by atoms with Gasteiger partial charge in [0, 0.05) is 28.2 Å². The van der Waals surface area contributed by atoms with Crippen LogP contribution in [0.1, 0.15) is 31.0 Å². The molecule has 3 nitrogen and oxygen atoms in total. The number of aryl methyl sites for hydroxylation is 1. The van der Waals surface area contributed by atoms with Crippen molar-refractivity contribution in [3.05, 3.63) is 34.5 Å². The second kappa shape index (κ2) is 5.13. The molecule has 0 atom stereocenters. The van der Waals surface area contributed by atoms with Crippen molar-refractivity contribution in [2.24, 2.45) is 4.99 Å². The van der Waals surface area contributed by atoms with Gasteiger partial charge in [0.2, 0.25) is 0 Å². The molecule has 0 unspecified atom stereocenters. The van der Waals surface area contributed by atoms with Gasteiger partial charge in [-0.3, -0.25) is 4.99 Å². The van der Waals surface area contributed by atoms with E-state index in [1.165, 1.54) is 22.2 Å². The molecule has 2 heterocycles. The first-order chi connectivity index (χ1) is 9.58. The molecule has 1 aliphatic rings. The van der Waals surface area contributed by atoms with Crippen LogP contribution in [-0.2, 0) is 6.54 Å². The van der Waals surface area contributed by atoms with E-state index in [1.807, 2.05) is 6.07 Å². The summed E-state index contributed by atoms with van der Waals surface area (Å²) in [6, 6.07) is 6.15. The summed E-state index contributed by atoms with van der Waals surface area (Å²) in [4.78, 5) is 4.52. The lowest BCUT2D eigenvalue weighted by Gasteiger charge is -2.14. The molecule has 106 valence electrons. The molecule has 1 aliphatic heterocycles. The van der Waals surface area contributed by atoms with E-state index >= 15 is 0 Å². The van der Waals surface area contributed by atoms with Crippen molar-refractivity contribution in [1.29, 1.82) is 0 Å². The highest BCUT2D eigenvalue weighted by Crippen LogP contribution is 2.32. The quantitative estimate of drug-likeness (QED) is 0.916. The fourth-order valence-corrected chi connectivity index (χ4v) is 3.30. The highest BCUT2D eigenvalue weighted by atomic mass is 35.5. The number of nitrogens with zero attached hydrogens (tertiary/aromatic N) is 2. The molecule has 0 fully saturated rings. The Bertz CT molecular complexity index is 683. The van der Waals surface area contributed by atoms with Gasteiger partial charge in [-0.15, -0.1) is 0 Å². The van der Waals surface area contributed by atoms with Gasteiger partial charge in [-0.1, -0.05) is 25.4 Å². The van der Waals surface area contributed by atoms with E-state index < -0.39 is 0 Å². The lowest BCUT2D eigenvalue weighted by atomic mass is 10.0. The van der Waals surface area contributed by atoms with Crippen molar-refractivity contribution in [3.63, 3.8) is 0 Å². The zero-order valence-electron chi connectivity index (χ0n) is 12.2. The number of aliphatic imine (C=N–C) groups is 1. The van der Waals surface area contributed by atoms with Crippen LogP contribution >= 0.6 is 11.6 Å². The summed E-state index contributed by atoms with van der Waals surface area (Å²) in [5.74, 6) is 1.56. The summed E-state index contributed by atoms with van der Waals surface area (Å²) in [6.07, 6.45) is 0. The fourth-order valence-electron chi connectivity index (χ4n) is 3.13. The third-order valence-electron chi connectivity index (χ3n) is 3.93. The maximum absolute atomic E-state index is 6.16. The van der Waals surface area contributed by atoms with E-state index in [0.29, 0.717) is 5.92 Å². The number of amidine groups is 1. The minimum absolute atomic E-state index is 0.475. The monoisotopic (exact) mass is 289 g/mol. The molecule has 1 aromatic carbocycles. The van der Waals surface area contributed by atoms with Gasteiger partial charge in [-0.2, -0.15) is 0 Å². The molecule has 2 aromatic rings. The molecule has 0 saturated carbocycles. The minimum atomic E-state index is 0.475. The van der Waals surface area contributed by atoms with Crippen molar-refractivity contribution < 1.29 is 0 Å². The molecule has 4 heteroatoms. The summed E-state index contributed by atoms with van der Waals surface area (Å²) < 4.78 is 2.38. The number of halogens is 1. The molecule has 1 N–H and O–H groups in total. The Morgan fingerprint density at radius 1 is 1.40 bits per heavy atom. The Balaban J connectivity index is 2.19. The minimum Gasteiger partial charge on any atom is -0.370 e. The molecule has 20 heavy (non-hydrogen) atoms. The van der Waals surface area contributed by atoms with E-state index in [1.54, 1.807) is 0 Å². The van der Waals surface area contributed by atoms with Crippen molar-refractivity contribution in [3.8, 4) is 0 Å². The third kappa shape index (κ3) is 2.20. The van der Waals surface area contributed by atoms with E-state index in [4.69, 9.17) is 11.6 Å². The number of hydrogen-bond donors (Lipinski definition) is 1. The lowest BCUT2D eigenvalue weighted by Crippen LogP contribution is -2.24. The first kappa shape index (κ1) is 13.5. The summed E-state index contributed by atoms with van der Waals surface area (Å²) in [6.45, 7) is 9.33. The van der Waals surface area contributed by atoms with Crippen LogP contribution < -0.4 is 5.32 Å². The lowest BCUT2D eigenvalue weighted by molar-refractivity contribution is 0.720. The van der Waals surface area contributed by atoms with Gasteiger partial charge >= 0.3 is 0 Å². The maximum Gasteiger partial charge on any atom is 0.117 e. The van der Waals surface area contributed by atoms with Gasteiger partial charge in [0.1, 0.15) is 5.84 Å². The molecule has 0 radical (unpaired) electrons. The first-order valence-electron chi connectivity index (χ1n) is 7.13. The number of fused-ring (bicyclic) bond motifs is 1. The Morgan fingerprint density at radius 3 is 2.85 bits per heavy atom. The number of benzene rings is 1. The molecule has 0 amide bonds. The van der Waals surface area contributed by atoms with Gasteiger partial charge in [-0.05, 0) is 36.6 Å². The van der Waals surface area contributed by atoms with E-state index in [9.17, 15) is 0 Å². The molecule has 0 bridgehead atoms. The first-order valence-corrected chi connectivity index (χ1v) is 7.51. The molecular formula is C16H20ClN3. The second-order valence-electron chi connectivity index (χ2n) is 5.67. The van der Waals surface area contributed by atoms with Crippen LogP contribution in [0.3, 0.4) is 0 Å². The average molecular weight is 290 g/mol. The van der Waals surface area contributed by atoms with Crippen LogP contribution in [0.4, 0.5) is 0 Å². The van der Waals surface area contributed by atoms with Crippen molar-refractivity contribution in [1.82, 2.24) is 9.88 Å². The molecule has 0 spiro atoms. The third-order valence-corrected chi connectivity index (χ3v) is 4.16. The number of nitrogens with one attached hydrogen (secondary N) is 1. The average Bonchev–Trinajstić information content (AvgIpc) is 2.98. The zero-order chi connectivity index (χ0) is 14.3. The van der Waals surface area contributed by atoms with Gasteiger partial charge in [0.05, 0.1) is 13.1 Å².